The Bertz CT molecular complexity index is 855. The van der Waals surface area contributed by atoms with Gasteiger partial charge in [0, 0.05) is 11.2 Å². The van der Waals surface area contributed by atoms with E-state index in [1.165, 1.54) is 13.0 Å². The molecule has 134 valence electrons. The maximum atomic E-state index is 12.7. The lowest BCUT2D eigenvalue weighted by atomic mass is 10.2. The SMILES string of the molecule is C[C@H](Oc1ccc(Cl)cc1Br)C(=O)Nc1cc(C(F)(F)F)c[nH]c1=O. The van der Waals surface area contributed by atoms with E-state index < -0.39 is 35.0 Å². The second kappa shape index (κ2) is 7.49. The topological polar surface area (TPSA) is 71.2 Å². The van der Waals surface area contributed by atoms with Crippen LogP contribution in [0, 0.1) is 0 Å². The Hall–Kier alpha value is -2.00. The summed E-state index contributed by atoms with van der Waals surface area (Å²) in [5.41, 5.74) is -2.47. The number of rotatable bonds is 4. The maximum Gasteiger partial charge on any atom is 0.417 e. The van der Waals surface area contributed by atoms with Gasteiger partial charge in [0.25, 0.3) is 11.5 Å². The largest absolute Gasteiger partial charge is 0.480 e. The number of carbonyl (C=O) groups excluding carboxylic acids is 1. The number of benzene rings is 1. The Labute approximate surface area is 153 Å². The van der Waals surface area contributed by atoms with Crippen LogP contribution in [0.5, 0.6) is 5.75 Å². The van der Waals surface area contributed by atoms with Crippen molar-refractivity contribution in [3.8, 4) is 5.75 Å². The molecule has 0 aliphatic rings. The maximum absolute atomic E-state index is 12.7. The molecule has 0 aliphatic carbocycles. The van der Waals surface area contributed by atoms with Gasteiger partial charge in [-0.1, -0.05) is 11.6 Å². The average Bonchev–Trinajstić information content (AvgIpc) is 2.50. The van der Waals surface area contributed by atoms with E-state index in [0.29, 0.717) is 27.5 Å². The molecule has 1 aromatic carbocycles. The minimum Gasteiger partial charge on any atom is -0.480 e. The van der Waals surface area contributed by atoms with E-state index in [0.717, 1.165) is 0 Å². The minimum absolute atomic E-state index is 0.310. The van der Waals surface area contributed by atoms with Crippen LogP contribution in [0.25, 0.3) is 0 Å². The number of aromatic nitrogens is 1. The van der Waals surface area contributed by atoms with Crippen molar-refractivity contribution < 1.29 is 22.7 Å². The van der Waals surface area contributed by atoms with E-state index in [1.54, 1.807) is 12.1 Å². The number of carbonyl (C=O) groups is 1. The predicted octanol–water partition coefficient (Wildman–Crippen LogP) is 4.22. The third-order valence-corrected chi connectivity index (χ3v) is 3.91. The van der Waals surface area contributed by atoms with E-state index in [9.17, 15) is 22.8 Å². The normalized spacial score (nSPS) is 12.6. The smallest absolute Gasteiger partial charge is 0.417 e. The average molecular weight is 440 g/mol. The quantitative estimate of drug-likeness (QED) is 0.749. The molecule has 10 heteroatoms. The van der Waals surface area contributed by atoms with Crippen molar-refractivity contribution in [3.05, 3.63) is 55.9 Å². The molecule has 2 N–H and O–H groups in total. The molecular weight excluding hydrogens is 429 g/mol. The molecule has 25 heavy (non-hydrogen) atoms. The van der Waals surface area contributed by atoms with Crippen LogP contribution >= 0.6 is 27.5 Å². The van der Waals surface area contributed by atoms with Gasteiger partial charge in [-0.15, -0.1) is 0 Å². The van der Waals surface area contributed by atoms with Gasteiger partial charge in [-0.05, 0) is 47.1 Å². The highest BCUT2D eigenvalue weighted by atomic mass is 79.9. The fourth-order valence-electron chi connectivity index (χ4n) is 1.79. The predicted molar refractivity (Wildman–Crippen MR) is 89.9 cm³/mol. The molecule has 1 aromatic heterocycles. The highest BCUT2D eigenvalue weighted by Crippen LogP contribution is 2.30. The lowest BCUT2D eigenvalue weighted by molar-refractivity contribution is -0.137. The number of pyridine rings is 1. The Morgan fingerprint density at radius 1 is 1.36 bits per heavy atom. The molecule has 0 radical (unpaired) electrons. The summed E-state index contributed by atoms with van der Waals surface area (Å²) in [4.78, 5) is 25.6. The van der Waals surface area contributed by atoms with Crippen LogP contribution in [0.15, 0.2) is 39.7 Å². The fraction of sp³-hybridized carbons (Fsp3) is 0.200. The van der Waals surface area contributed by atoms with Crippen LogP contribution in [0.1, 0.15) is 12.5 Å². The van der Waals surface area contributed by atoms with Gasteiger partial charge in [-0.25, -0.2) is 0 Å². The standard InChI is InChI=1S/C15H11BrClF3N2O3/c1-7(25-12-3-2-9(17)5-10(12)16)13(23)22-11-4-8(15(18,19)20)6-21-14(11)24/h2-7H,1H3,(H,21,24)(H,22,23)/t7-/m0/s1. The van der Waals surface area contributed by atoms with Crippen molar-refractivity contribution in [2.75, 3.05) is 5.32 Å². The Balaban J connectivity index is 2.15. The molecular formula is C15H11BrClF3N2O3. The zero-order chi connectivity index (χ0) is 18.8. The van der Waals surface area contributed by atoms with Gasteiger partial charge < -0.3 is 15.0 Å². The third kappa shape index (κ3) is 4.99. The first-order valence-corrected chi connectivity index (χ1v) is 7.97. The van der Waals surface area contributed by atoms with E-state index in [1.807, 2.05) is 4.98 Å². The Morgan fingerprint density at radius 2 is 2.04 bits per heavy atom. The number of aromatic amines is 1. The number of anilines is 1. The summed E-state index contributed by atoms with van der Waals surface area (Å²) in [7, 11) is 0. The van der Waals surface area contributed by atoms with Crippen LogP contribution < -0.4 is 15.6 Å². The van der Waals surface area contributed by atoms with Crippen LogP contribution in [0.3, 0.4) is 0 Å². The molecule has 0 saturated carbocycles. The highest BCUT2D eigenvalue weighted by Gasteiger charge is 2.31. The first kappa shape index (κ1) is 19.3. The zero-order valence-electron chi connectivity index (χ0n) is 12.6. The molecule has 5 nitrogen and oxygen atoms in total. The number of amides is 1. The molecule has 0 aliphatic heterocycles. The van der Waals surface area contributed by atoms with Crippen molar-refractivity contribution in [1.82, 2.24) is 4.98 Å². The second-order valence-corrected chi connectivity index (χ2v) is 6.24. The highest BCUT2D eigenvalue weighted by molar-refractivity contribution is 9.10. The van der Waals surface area contributed by atoms with Gasteiger partial charge >= 0.3 is 6.18 Å². The van der Waals surface area contributed by atoms with Crippen LogP contribution in [-0.2, 0) is 11.0 Å². The number of H-pyrrole nitrogens is 1. The van der Waals surface area contributed by atoms with E-state index >= 15 is 0 Å². The summed E-state index contributed by atoms with van der Waals surface area (Å²) in [6, 6.07) is 5.18. The van der Waals surface area contributed by atoms with E-state index in [2.05, 4.69) is 21.2 Å². The summed E-state index contributed by atoms with van der Waals surface area (Å²) in [5, 5.41) is 2.58. The number of hydrogen-bond donors (Lipinski definition) is 2. The summed E-state index contributed by atoms with van der Waals surface area (Å²) in [5.74, 6) is -0.475. The van der Waals surface area contributed by atoms with Crippen molar-refractivity contribution in [3.63, 3.8) is 0 Å². The summed E-state index contributed by atoms with van der Waals surface area (Å²) >= 11 is 9.01. The number of halogens is 5. The number of ether oxygens (including phenoxy) is 1. The van der Waals surface area contributed by atoms with Crippen LogP contribution in [-0.4, -0.2) is 17.0 Å². The first-order chi connectivity index (χ1) is 11.6. The van der Waals surface area contributed by atoms with E-state index in [4.69, 9.17) is 16.3 Å². The lowest BCUT2D eigenvalue weighted by Crippen LogP contribution is -2.32. The van der Waals surface area contributed by atoms with Gasteiger partial charge in [0.15, 0.2) is 6.10 Å². The lowest BCUT2D eigenvalue weighted by Gasteiger charge is -2.16. The van der Waals surface area contributed by atoms with Gasteiger partial charge in [0.05, 0.1) is 10.0 Å². The van der Waals surface area contributed by atoms with Gasteiger partial charge in [-0.2, -0.15) is 13.2 Å². The second-order valence-electron chi connectivity index (χ2n) is 4.95. The monoisotopic (exact) mass is 438 g/mol. The molecule has 0 saturated heterocycles. The third-order valence-electron chi connectivity index (χ3n) is 3.06. The van der Waals surface area contributed by atoms with Crippen molar-refractivity contribution in [1.29, 1.82) is 0 Å². The number of nitrogens with one attached hydrogen (secondary N) is 2. The summed E-state index contributed by atoms with van der Waals surface area (Å²) in [6.45, 7) is 1.39. The number of alkyl halides is 3. The molecule has 0 bridgehead atoms. The first-order valence-electron chi connectivity index (χ1n) is 6.80. The van der Waals surface area contributed by atoms with Gasteiger partial charge in [0.2, 0.25) is 0 Å². The number of hydrogen-bond acceptors (Lipinski definition) is 3. The summed E-state index contributed by atoms with van der Waals surface area (Å²) in [6.07, 6.45) is -5.20. The van der Waals surface area contributed by atoms with Crippen molar-refractivity contribution >= 4 is 39.1 Å². The molecule has 1 atom stereocenters. The Morgan fingerprint density at radius 3 is 2.64 bits per heavy atom. The summed E-state index contributed by atoms with van der Waals surface area (Å²) < 4.78 is 44.0. The molecule has 0 fully saturated rings. The zero-order valence-corrected chi connectivity index (χ0v) is 14.9. The van der Waals surface area contributed by atoms with E-state index in [-0.39, 0.29) is 0 Å². The molecule has 0 spiro atoms. The fourth-order valence-corrected chi connectivity index (χ4v) is 2.57. The van der Waals surface area contributed by atoms with Crippen molar-refractivity contribution in [2.24, 2.45) is 0 Å². The van der Waals surface area contributed by atoms with Crippen LogP contribution in [0.2, 0.25) is 5.02 Å². The Kier molecular flexibility index (Phi) is 5.79. The molecule has 0 unspecified atom stereocenters. The van der Waals surface area contributed by atoms with Crippen molar-refractivity contribution in [2.45, 2.75) is 19.2 Å². The molecule has 1 amide bonds. The minimum atomic E-state index is -4.65. The van der Waals surface area contributed by atoms with Crippen LogP contribution in [0.4, 0.5) is 18.9 Å². The molecule has 2 aromatic rings. The van der Waals surface area contributed by atoms with Gasteiger partial charge in [-0.3, -0.25) is 9.59 Å². The molecule has 1 heterocycles. The van der Waals surface area contributed by atoms with Gasteiger partial charge in [0.1, 0.15) is 11.4 Å². The molecule has 2 rings (SSSR count).